The summed E-state index contributed by atoms with van der Waals surface area (Å²) in [5.74, 6) is 0.979. The molecular weight excluding hydrogens is 224 g/mol. The van der Waals surface area contributed by atoms with Gasteiger partial charge >= 0.3 is 0 Å². The van der Waals surface area contributed by atoms with Crippen LogP contribution in [0.15, 0.2) is 18.2 Å². The highest BCUT2D eigenvalue weighted by Gasteiger charge is 2.33. The fourth-order valence-electron chi connectivity index (χ4n) is 3.38. The second-order valence-electron chi connectivity index (χ2n) is 5.44. The molecule has 1 saturated heterocycles. The van der Waals surface area contributed by atoms with E-state index in [-0.39, 0.29) is 0 Å². The Hall–Kier alpha value is -1.06. The molecule has 2 aliphatic rings. The summed E-state index contributed by atoms with van der Waals surface area (Å²) >= 11 is 0. The summed E-state index contributed by atoms with van der Waals surface area (Å²) in [5, 5.41) is 3.65. The summed E-state index contributed by atoms with van der Waals surface area (Å²) < 4.78 is 5.39. The maximum Gasteiger partial charge on any atom is 0.119 e. The highest BCUT2D eigenvalue weighted by Crippen LogP contribution is 2.36. The minimum atomic E-state index is 0.506. The molecule has 0 aromatic heterocycles. The number of hydrogen-bond donors (Lipinski definition) is 1. The van der Waals surface area contributed by atoms with Crippen molar-refractivity contribution < 1.29 is 4.74 Å². The van der Waals surface area contributed by atoms with Crippen molar-refractivity contribution in [2.75, 3.05) is 27.2 Å². The van der Waals surface area contributed by atoms with Gasteiger partial charge in [0.1, 0.15) is 5.75 Å². The number of ether oxygens (including phenoxy) is 1. The molecule has 1 N–H and O–H groups in total. The number of nitrogens with zero attached hydrogens (tertiary/aromatic N) is 1. The molecule has 0 bridgehead atoms. The fraction of sp³-hybridized carbons (Fsp3) is 0.600. The van der Waals surface area contributed by atoms with E-state index in [9.17, 15) is 0 Å². The summed E-state index contributed by atoms with van der Waals surface area (Å²) in [5.41, 5.74) is 2.95. The van der Waals surface area contributed by atoms with Crippen molar-refractivity contribution >= 4 is 0 Å². The van der Waals surface area contributed by atoms with Crippen LogP contribution in [-0.2, 0) is 6.42 Å². The van der Waals surface area contributed by atoms with E-state index in [1.54, 1.807) is 7.11 Å². The average Bonchev–Trinajstić information content (AvgIpc) is 2.91. The van der Waals surface area contributed by atoms with E-state index in [1.807, 2.05) is 0 Å². The SMILES string of the molecule is COc1ccc2c(c1)C(C1CCCN1)N(C)CC2. The van der Waals surface area contributed by atoms with E-state index in [0.29, 0.717) is 12.1 Å². The summed E-state index contributed by atoms with van der Waals surface area (Å²) in [4.78, 5) is 2.49. The van der Waals surface area contributed by atoms with Crippen molar-refractivity contribution in [2.45, 2.75) is 31.3 Å². The Labute approximate surface area is 109 Å². The fourth-order valence-corrected chi connectivity index (χ4v) is 3.38. The molecule has 3 rings (SSSR count). The van der Waals surface area contributed by atoms with Crippen molar-refractivity contribution in [1.82, 2.24) is 10.2 Å². The van der Waals surface area contributed by atoms with E-state index in [2.05, 4.69) is 35.5 Å². The molecule has 0 spiro atoms. The maximum absolute atomic E-state index is 5.39. The van der Waals surface area contributed by atoms with Crippen LogP contribution in [0.1, 0.15) is 30.0 Å². The van der Waals surface area contributed by atoms with Gasteiger partial charge in [-0.05, 0) is 56.1 Å². The number of likely N-dealkylation sites (N-methyl/N-ethyl adjacent to an activating group) is 1. The minimum Gasteiger partial charge on any atom is -0.497 e. The first kappa shape index (κ1) is 12.0. The quantitative estimate of drug-likeness (QED) is 0.863. The highest BCUT2D eigenvalue weighted by atomic mass is 16.5. The van der Waals surface area contributed by atoms with Gasteiger partial charge in [-0.1, -0.05) is 6.07 Å². The van der Waals surface area contributed by atoms with E-state index < -0.39 is 0 Å². The Balaban J connectivity index is 1.98. The monoisotopic (exact) mass is 246 g/mol. The first-order valence-electron chi connectivity index (χ1n) is 6.90. The lowest BCUT2D eigenvalue weighted by Crippen LogP contribution is -2.43. The van der Waals surface area contributed by atoms with Gasteiger partial charge in [-0.3, -0.25) is 4.90 Å². The Morgan fingerprint density at radius 2 is 2.28 bits per heavy atom. The zero-order chi connectivity index (χ0) is 12.5. The molecule has 0 amide bonds. The van der Waals surface area contributed by atoms with Crippen LogP contribution in [0, 0.1) is 0 Å². The zero-order valence-electron chi connectivity index (χ0n) is 11.3. The van der Waals surface area contributed by atoms with Gasteiger partial charge < -0.3 is 10.1 Å². The second-order valence-corrected chi connectivity index (χ2v) is 5.44. The average molecular weight is 246 g/mol. The predicted molar refractivity (Wildman–Crippen MR) is 73.1 cm³/mol. The topological polar surface area (TPSA) is 24.5 Å². The predicted octanol–water partition coefficient (Wildman–Crippen LogP) is 1.98. The third-order valence-corrected chi connectivity index (χ3v) is 4.36. The van der Waals surface area contributed by atoms with Gasteiger partial charge in [0.2, 0.25) is 0 Å². The molecule has 98 valence electrons. The van der Waals surface area contributed by atoms with Crippen molar-refractivity contribution in [2.24, 2.45) is 0 Å². The molecule has 0 aliphatic carbocycles. The third-order valence-electron chi connectivity index (χ3n) is 4.36. The normalized spacial score (nSPS) is 28.1. The lowest BCUT2D eigenvalue weighted by atomic mass is 9.88. The molecule has 0 radical (unpaired) electrons. The lowest BCUT2D eigenvalue weighted by molar-refractivity contribution is 0.189. The first-order chi connectivity index (χ1) is 8.79. The summed E-state index contributed by atoms with van der Waals surface area (Å²) in [6.45, 7) is 2.32. The Kier molecular flexibility index (Phi) is 3.27. The van der Waals surface area contributed by atoms with Crippen LogP contribution in [0.5, 0.6) is 5.75 Å². The van der Waals surface area contributed by atoms with Gasteiger partial charge in [0.15, 0.2) is 0 Å². The number of benzene rings is 1. The molecule has 0 saturated carbocycles. The number of rotatable bonds is 2. The molecule has 2 atom stereocenters. The van der Waals surface area contributed by atoms with Gasteiger partial charge in [0, 0.05) is 12.6 Å². The van der Waals surface area contributed by atoms with E-state index in [0.717, 1.165) is 25.3 Å². The number of hydrogen-bond acceptors (Lipinski definition) is 3. The van der Waals surface area contributed by atoms with E-state index >= 15 is 0 Å². The molecule has 2 heterocycles. The first-order valence-corrected chi connectivity index (χ1v) is 6.90. The van der Waals surface area contributed by atoms with Gasteiger partial charge in [-0.15, -0.1) is 0 Å². The van der Waals surface area contributed by atoms with E-state index in [1.165, 1.54) is 24.0 Å². The molecule has 1 aromatic carbocycles. The third kappa shape index (κ3) is 2.02. The van der Waals surface area contributed by atoms with Crippen LogP contribution in [-0.4, -0.2) is 38.2 Å². The Morgan fingerprint density at radius 3 is 3.00 bits per heavy atom. The van der Waals surface area contributed by atoms with Crippen LogP contribution in [0.4, 0.5) is 0 Å². The molecule has 2 unspecified atom stereocenters. The molecular formula is C15H22N2O. The molecule has 2 aliphatic heterocycles. The van der Waals surface area contributed by atoms with Crippen molar-refractivity contribution in [3.05, 3.63) is 29.3 Å². The molecule has 18 heavy (non-hydrogen) atoms. The molecule has 3 heteroatoms. The highest BCUT2D eigenvalue weighted by molar-refractivity contribution is 5.40. The number of methoxy groups -OCH3 is 1. The largest absolute Gasteiger partial charge is 0.497 e. The maximum atomic E-state index is 5.39. The lowest BCUT2D eigenvalue weighted by Gasteiger charge is -2.38. The van der Waals surface area contributed by atoms with Gasteiger partial charge in [0.05, 0.1) is 13.2 Å². The van der Waals surface area contributed by atoms with Crippen molar-refractivity contribution in [3.63, 3.8) is 0 Å². The smallest absolute Gasteiger partial charge is 0.119 e. The summed E-state index contributed by atoms with van der Waals surface area (Å²) in [6.07, 6.45) is 3.74. The van der Waals surface area contributed by atoms with Crippen LogP contribution in [0.2, 0.25) is 0 Å². The summed E-state index contributed by atoms with van der Waals surface area (Å²) in [6, 6.07) is 7.66. The van der Waals surface area contributed by atoms with Crippen LogP contribution < -0.4 is 10.1 Å². The Morgan fingerprint density at radius 1 is 1.39 bits per heavy atom. The van der Waals surface area contributed by atoms with Gasteiger partial charge in [-0.25, -0.2) is 0 Å². The molecule has 3 nitrogen and oxygen atoms in total. The van der Waals surface area contributed by atoms with Crippen molar-refractivity contribution in [3.8, 4) is 5.75 Å². The van der Waals surface area contributed by atoms with Crippen molar-refractivity contribution in [1.29, 1.82) is 0 Å². The molecule has 1 fully saturated rings. The van der Waals surface area contributed by atoms with Gasteiger partial charge in [-0.2, -0.15) is 0 Å². The zero-order valence-corrected chi connectivity index (χ0v) is 11.3. The molecule has 1 aromatic rings. The standard InChI is InChI=1S/C15H22N2O/c1-17-9-7-11-5-6-12(18-2)10-13(11)15(17)14-4-3-8-16-14/h5-6,10,14-16H,3-4,7-9H2,1-2H3. The number of fused-ring (bicyclic) bond motifs is 1. The minimum absolute atomic E-state index is 0.506. The Bertz CT molecular complexity index is 427. The number of nitrogens with one attached hydrogen (secondary N) is 1. The summed E-state index contributed by atoms with van der Waals surface area (Å²) in [7, 11) is 3.99. The van der Waals surface area contributed by atoms with Crippen LogP contribution in [0.3, 0.4) is 0 Å². The van der Waals surface area contributed by atoms with Gasteiger partial charge in [0.25, 0.3) is 0 Å². The van der Waals surface area contributed by atoms with E-state index in [4.69, 9.17) is 4.74 Å². The van der Waals surface area contributed by atoms with Crippen LogP contribution >= 0.6 is 0 Å². The van der Waals surface area contributed by atoms with Crippen LogP contribution in [0.25, 0.3) is 0 Å². The second kappa shape index (κ2) is 4.90.